The number of nitrogens with one attached hydrogen (secondary N) is 2. The van der Waals surface area contributed by atoms with Crippen LogP contribution in [0.3, 0.4) is 0 Å². The van der Waals surface area contributed by atoms with E-state index >= 15 is 0 Å². The summed E-state index contributed by atoms with van der Waals surface area (Å²) in [5, 5.41) is 6.95. The highest BCUT2D eigenvalue weighted by Crippen LogP contribution is 2.41. The highest BCUT2D eigenvalue weighted by Gasteiger charge is 2.34. The average Bonchev–Trinajstić information content (AvgIpc) is 3.19. The van der Waals surface area contributed by atoms with E-state index in [2.05, 4.69) is 92.9 Å². The van der Waals surface area contributed by atoms with Gasteiger partial charge in [-0.2, -0.15) is 0 Å². The second-order valence-electron chi connectivity index (χ2n) is 15.7. The van der Waals surface area contributed by atoms with Gasteiger partial charge in [-0.25, -0.2) is 0 Å². The molecule has 4 aromatic carbocycles. The molecule has 3 unspecified atom stereocenters. The Hall–Kier alpha value is -4.70. The monoisotopic (exact) mass is 758 g/mol. The molecule has 8 rings (SSSR count). The Bertz CT molecular complexity index is 2020. The van der Waals surface area contributed by atoms with Crippen molar-refractivity contribution in [1.29, 1.82) is 0 Å². The van der Waals surface area contributed by atoms with Crippen LogP contribution < -0.4 is 20.4 Å². The smallest absolute Gasteiger partial charge is 0.234 e. The second-order valence-corrected chi connectivity index (χ2v) is 16.2. The van der Waals surface area contributed by atoms with Crippen LogP contribution in [0, 0.1) is 0 Å². The van der Waals surface area contributed by atoms with E-state index < -0.39 is 0 Å². The molecule has 3 fully saturated rings. The van der Waals surface area contributed by atoms with E-state index in [1.807, 2.05) is 35.2 Å². The van der Waals surface area contributed by atoms with Gasteiger partial charge in [-0.1, -0.05) is 54.1 Å². The van der Waals surface area contributed by atoms with Crippen molar-refractivity contribution in [2.75, 3.05) is 54.4 Å². The number of rotatable bonds is 8. The van der Waals surface area contributed by atoms with Gasteiger partial charge in [0, 0.05) is 93.3 Å². The fraction of sp³-hybridized carbons (Fsp3) is 0.400. The largest absolute Gasteiger partial charge is 0.378 e. The predicted octanol–water partition coefficient (Wildman–Crippen LogP) is 7.61. The highest BCUT2D eigenvalue weighted by molar-refractivity contribution is 6.30. The van der Waals surface area contributed by atoms with Crippen LogP contribution >= 0.6 is 11.6 Å². The Morgan fingerprint density at radius 1 is 0.818 bits per heavy atom. The van der Waals surface area contributed by atoms with Crippen LogP contribution in [0.25, 0.3) is 11.1 Å². The van der Waals surface area contributed by atoms with Gasteiger partial charge in [0.2, 0.25) is 17.7 Å². The first kappa shape index (κ1) is 37.2. The minimum absolute atomic E-state index is 0.0620. The maximum Gasteiger partial charge on any atom is 0.234 e. The first-order chi connectivity index (χ1) is 26.7. The molecule has 0 aliphatic carbocycles. The summed E-state index contributed by atoms with van der Waals surface area (Å²) >= 11 is 6.16. The molecule has 4 aromatic rings. The second kappa shape index (κ2) is 16.2. The molecule has 9 nitrogen and oxygen atoms in total. The molecule has 4 aliphatic rings. The molecule has 4 aliphatic heterocycles. The number of benzene rings is 4. The van der Waals surface area contributed by atoms with Gasteiger partial charge in [0.15, 0.2) is 0 Å². The van der Waals surface area contributed by atoms with Gasteiger partial charge >= 0.3 is 0 Å². The van der Waals surface area contributed by atoms with E-state index in [-0.39, 0.29) is 35.7 Å². The molecular weight excluding hydrogens is 708 g/mol. The van der Waals surface area contributed by atoms with Gasteiger partial charge in [0.05, 0.1) is 12.0 Å². The number of halogens is 1. The van der Waals surface area contributed by atoms with Gasteiger partial charge in [-0.3, -0.25) is 29.5 Å². The fourth-order valence-electron chi connectivity index (χ4n) is 9.30. The molecule has 55 heavy (non-hydrogen) atoms. The normalized spacial score (nSPS) is 22.6. The molecule has 4 heterocycles. The average molecular weight is 759 g/mol. The molecule has 2 N–H and O–H groups in total. The number of imide groups is 1. The van der Waals surface area contributed by atoms with Gasteiger partial charge in [0.1, 0.15) is 0 Å². The number of amides is 3. The van der Waals surface area contributed by atoms with E-state index in [1.165, 1.54) is 11.3 Å². The Kier molecular flexibility index (Phi) is 11.0. The minimum Gasteiger partial charge on any atom is -0.378 e. The van der Waals surface area contributed by atoms with E-state index in [0.29, 0.717) is 23.9 Å². The van der Waals surface area contributed by atoms with Crippen LogP contribution in [0.15, 0.2) is 91.0 Å². The molecule has 0 saturated carbocycles. The molecule has 0 spiro atoms. The third-order valence-electron chi connectivity index (χ3n) is 12.2. The van der Waals surface area contributed by atoms with E-state index in [4.69, 9.17) is 11.6 Å². The van der Waals surface area contributed by atoms with Crippen LogP contribution in [0.5, 0.6) is 0 Å². The number of piperazine rings is 1. The number of hydrogen-bond acceptors (Lipinski definition) is 7. The van der Waals surface area contributed by atoms with Crippen molar-refractivity contribution >= 4 is 46.4 Å². The number of anilines is 3. The number of carbonyl (C=O) groups excluding carboxylic acids is 3. The molecule has 286 valence electrons. The summed E-state index contributed by atoms with van der Waals surface area (Å²) in [6.45, 7) is 10.8. The lowest BCUT2D eigenvalue weighted by atomic mass is 9.87. The van der Waals surface area contributed by atoms with Gasteiger partial charge in [-0.05, 0) is 109 Å². The molecule has 10 heteroatoms. The van der Waals surface area contributed by atoms with E-state index in [0.717, 1.165) is 98.7 Å². The van der Waals surface area contributed by atoms with Crippen molar-refractivity contribution in [2.45, 2.75) is 76.5 Å². The van der Waals surface area contributed by atoms with Crippen molar-refractivity contribution in [2.24, 2.45) is 0 Å². The minimum atomic E-state index is -0.249. The third-order valence-corrected chi connectivity index (χ3v) is 12.5. The Labute approximate surface area is 329 Å². The van der Waals surface area contributed by atoms with Gasteiger partial charge < -0.3 is 15.1 Å². The maximum atomic E-state index is 12.7. The third kappa shape index (κ3) is 8.15. The standard InChI is InChI=1S/C45H51ClN6O3/c1-30-27-42(47-36-12-10-35(46)11-13-36)41-28-33(9-17-43(41)52(30)31(2)53)32-7-14-37(15-8-32)50-21-19-38(20-22-50)51-25-23-49(24-26-51)29-34-5-3-4-6-39(34)40-16-18-44(54)48-45(40)55/h3-15,17,28,30,38,40,42,47H,16,18-27,29H2,1-2H3,(H,48,54,55). The maximum absolute atomic E-state index is 12.7. The zero-order valence-electron chi connectivity index (χ0n) is 31.8. The zero-order chi connectivity index (χ0) is 38.1. The lowest BCUT2D eigenvalue weighted by Crippen LogP contribution is -2.53. The lowest BCUT2D eigenvalue weighted by Gasteiger charge is -2.43. The van der Waals surface area contributed by atoms with Gasteiger partial charge in [0.25, 0.3) is 0 Å². The van der Waals surface area contributed by atoms with Gasteiger partial charge in [-0.15, -0.1) is 0 Å². The summed E-state index contributed by atoms with van der Waals surface area (Å²) in [4.78, 5) is 46.7. The number of hydrogen-bond donors (Lipinski definition) is 2. The fourth-order valence-corrected chi connectivity index (χ4v) is 9.42. The molecular formula is C45H51ClN6O3. The number of piperidine rings is 2. The van der Waals surface area contributed by atoms with Crippen molar-refractivity contribution < 1.29 is 14.4 Å². The molecule has 0 aromatic heterocycles. The summed E-state index contributed by atoms with van der Waals surface area (Å²) in [6.07, 6.45) is 4.09. The van der Waals surface area contributed by atoms with Crippen LogP contribution in [0.4, 0.5) is 17.1 Å². The first-order valence-electron chi connectivity index (χ1n) is 19.9. The van der Waals surface area contributed by atoms with Crippen LogP contribution in [0.1, 0.15) is 74.6 Å². The highest BCUT2D eigenvalue weighted by atomic mass is 35.5. The zero-order valence-corrected chi connectivity index (χ0v) is 32.6. The molecule has 3 amide bonds. The summed E-state index contributed by atoms with van der Waals surface area (Å²) in [7, 11) is 0. The SMILES string of the molecule is CC(=O)N1c2ccc(-c3ccc(N4CCC(N5CCN(Cc6ccccc6C6CCC(=O)NC6=O)CC5)CC4)cc3)cc2C(Nc2ccc(Cl)cc2)CC1C. The van der Waals surface area contributed by atoms with Crippen molar-refractivity contribution in [3.8, 4) is 11.1 Å². The summed E-state index contributed by atoms with van der Waals surface area (Å²) < 4.78 is 0. The quantitative estimate of drug-likeness (QED) is 0.179. The summed E-state index contributed by atoms with van der Waals surface area (Å²) in [5.74, 6) is -0.522. The Morgan fingerprint density at radius 3 is 2.24 bits per heavy atom. The van der Waals surface area contributed by atoms with Crippen LogP contribution in [-0.2, 0) is 20.9 Å². The lowest BCUT2D eigenvalue weighted by molar-refractivity contribution is -0.134. The first-order valence-corrected chi connectivity index (χ1v) is 20.3. The van der Waals surface area contributed by atoms with Crippen LogP contribution in [0.2, 0.25) is 5.02 Å². The topological polar surface area (TPSA) is 88.2 Å². The van der Waals surface area contributed by atoms with E-state index in [1.54, 1.807) is 6.92 Å². The predicted molar refractivity (Wildman–Crippen MR) is 221 cm³/mol. The Morgan fingerprint density at radius 2 is 1.53 bits per heavy atom. The molecule has 0 bridgehead atoms. The number of fused-ring (bicyclic) bond motifs is 1. The van der Waals surface area contributed by atoms with Crippen molar-refractivity contribution in [3.63, 3.8) is 0 Å². The number of nitrogens with zero attached hydrogens (tertiary/aromatic N) is 4. The summed E-state index contributed by atoms with van der Waals surface area (Å²) in [5.41, 5.74) is 8.93. The van der Waals surface area contributed by atoms with Crippen LogP contribution in [-0.4, -0.2) is 78.9 Å². The van der Waals surface area contributed by atoms with Crippen molar-refractivity contribution in [3.05, 3.63) is 113 Å². The number of carbonyl (C=O) groups is 3. The van der Waals surface area contributed by atoms with E-state index in [9.17, 15) is 14.4 Å². The molecule has 0 radical (unpaired) electrons. The summed E-state index contributed by atoms with van der Waals surface area (Å²) in [6, 6.07) is 32.3. The molecule has 3 atom stereocenters. The molecule has 3 saturated heterocycles. The Balaban J connectivity index is 0.869. The van der Waals surface area contributed by atoms with Crippen molar-refractivity contribution in [1.82, 2.24) is 15.1 Å².